The number of ether oxygens (including phenoxy) is 1. The van der Waals surface area contributed by atoms with Crippen molar-refractivity contribution in [2.24, 2.45) is 10.7 Å². The van der Waals surface area contributed by atoms with Crippen LogP contribution in [0.1, 0.15) is 36.8 Å². The van der Waals surface area contributed by atoms with Crippen molar-refractivity contribution in [1.82, 2.24) is 10.3 Å². The van der Waals surface area contributed by atoms with Gasteiger partial charge < -0.3 is 20.7 Å². The van der Waals surface area contributed by atoms with Crippen LogP contribution in [0.3, 0.4) is 0 Å². The summed E-state index contributed by atoms with van der Waals surface area (Å²) >= 11 is 0. The average Bonchev–Trinajstić information content (AvgIpc) is 3.00. The molecule has 162 valence electrons. The normalized spacial score (nSPS) is 15.6. The molecule has 0 saturated carbocycles. The van der Waals surface area contributed by atoms with Crippen LogP contribution in [-0.4, -0.2) is 30.4 Å². The van der Waals surface area contributed by atoms with Gasteiger partial charge in [-0.2, -0.15) is 0 Å². The number of nitrogens with one attached hydrogen (secondary N) is 1. The molecule has 2 heterocycles. The molecule has 1 saturated heterocycles. The summed E-state index contributed by atoms with van der Waals surface area (Å²) in [5.74, 6) is 0.986. The second kappa shape index (κ2) is 10.2. The van der Waals surface area contributed by atoms with E-state index in [2.05, 4.69) is 24.9 Å². The number of pyridine rings is 1. The molecule has 1 fully saturated rings. The van der Waals surface area contributed by atoms with Crippen LogP contribution in [-0.2, 0) is 13.1 Å². The topological polar surface area (TPSA) is 75.8 Å². The predicted molar refractivity (Wildman–Crippen MR) is 110 cm³/mol. The van der Waals surface area contributed by atoms with Gasteiger partial charge in [-0.25, -0.2) is 9.98 Å². The first-order valence-electron chi connectivity index (χ1n) is 9.97. The molecule has 6 nitrogen and oxygen atoms in total. The maximum atomic E-state index is 12.2. The second-order valence-electron chi connectivity index (χ2n) is 7.17. The number of aliphatic imine (C=N–C) groups is 1. The number of rotatable bonds is 6. The lowest BCUT2D eigenvalue weighted by Gasteiger charge is -2.21. The lowest BCUT2D eigenvalue weighted by molar-refractivity contribution is -0.274. The Hall–Kier alpha value is -2.97. The van der Waals surface area contributed by atoms with E-state index in [1.165, 1.54) is 49.9 Å². The molecular weight excluding hydrogens is 395 g/mol. The van der Waals surface area contributed by atoms with Gasteiger partial charge in [0.05, 0.1) is 6.54 Å². The summed E-state index contributed by atoms with van der Waals surface area (Å²) in [5, 5.41) is 2.94. The molecule has 0 amide bonds. The van der Waals surface area contributed by atoms with Gasteiger partial charge in [-0.3, -0.25) is 0 Å². The third-order valence-electron chi connectivity index (χ3n) is 4.80. The van der Waals surface area contributed by atoms with Gasteiger partial charge in [0.1, 0.15) is 11.6 Å². The van der Waals surface area contributed by atoms with Gasteiger partial charge >= 0.3 is 6.36 Å². The van der Waals surface area contributed by atoms with Gasteiger partial charge in [-0.1, -0.05) is 31.0 Å². The van der Waals surface area contributed by atoms with Crippen molar-refractivity contribution >= 4 is 11.8 Å². The highest BCUT2D eigenvalue weighted by atomic mass is 19.4. The molecule has 0 radical (unpaired) electrons. The quantitative estimate of drug-likeness (QED) is 0.545. The van der Waals surface area contributed by atoms with Crippen molar-refractivity contribution < 1.29 is 17.9 Å². The number of guanidine groups is 1. The Labute approximate surface area is 174 Å². The molecule has 0 bridgehead atoms. The van der Waals surface area contributed by atoms with Crippen molar-refractivity contribution in [1.29, 1.82) is 0 Å². The van der Waals surface area contributed by atoms with Gasteiger partial charge in [0.15, 0.2) is 5.96 Å². The van der Waals surface area contributed by atoms with E-state index in [0.717, 1.165) is 30.0 Å². The van der Waals surface area contributed by atoms with E-state index in [1.54, 1.807) is 0 Å². The predicted octanol–water partition coefficient (Wildman–Crippen LogP) is 3.97. The summed E-state index contributed by atoms with van der Waals surface area (Å²) in [6.45, 7) is 2.83. The fourth-order valence-electron chi connectivity index (χ4n) is 3.23. The smallest absolute Gasteiger partial charge is 0.406 e. The number of nitrogens with two attached hydrogens (primary N) is 1. The zero-order chi connectivity index (χ0) is 21.4. The van der Waals surface area contributed by atoms with Crippen LogP contribution < -0.4 is 20.7 Å². The number of benzene rings is 1. The summed E-state index contributed by atoms with van der Waals surface area (Å²) in [4.78, 5) is 11.2. The SMILES string of the molecule is NC(=NCc1ccc(N2CCCCCC2)nc1)NCc1ccc(OC(F)(F)F)cc1. The summed E-state index contributed by atoms with van der Waals surface area (Å²) in [6.07, 6.45) is 2.08. The first-order chi connectivity index (χ1) is 14.4. The molecule has 0 spiro atoms. The van der Waals surface area contributed by atoms with Crippen LogP contribution in [0.2, 0.25) is 0 Å². The Morgan fingerprint density at radius 1 is 1.03 bits per heavy atom. The van der Waals surface area contributed by atoms with E-state index in [-0.39, 0.29) is 11.7 Å². The standard InChI is InChI=1S/C21H26F3N5O/c22-21(23,24)30-18-8-5-16(6-9-18)13-27-20(25)28-15-17-7-10-19(26-14-17)29-11-3-1-2-4-12-29/h5-10,14H,1-4,11-13,15H2,(H3,25,27,28). The molecule has 0 aliphatic carbocycles. The molecule has 0 unspecified atom stereocenters. The molecule has 1 aliphatic rings. The van der Waals surface area contributed by atoms with Gasteiger partial charge in [0.25, 0.3) is 0 Å². The van der Waals surface area contributed by atoms with E-state index in [9.17, 15) is 13.2 Å². The number of anilines is 1. The first-order valence-corrected chi connectivity index (χ1v) is 9.97. The number of alkyl halides is 3. The average molecular weight is 421 g/mol. The van der Waals surface area contributed by atoms with Gasteiger partial charge in [-0.15, -0.1) is 13.2 Å². The van der Waals surface area contributed by atoms with E-state index in [4.69, 9.17) is 5.73 Å². The number of aromatic nitrogens is 1. The Morgan fingerprint density at radius 3 is 2.30 bits per heavy atom. The Kier molecular flexibility index (Phi) is 7.37. The molecule has 1 aliphatic heterocycles. The molecule has 9 heteroatoms. The zero-order valence-corrected chi connectivity index (χ0v) is 16.7. The monoisotopic (exact) mass is 421 g/mol. The third-order valence-corrected chi connectivity index (χ3v) is 4.80. The number of hydrogen-bond donors (Lipinski definition) is 2. The van der Waals surface area contributed by atoms with E-state index in [0.29, 0.717) is 13.1 Å². The van der Waals surface area contributed by atoms with Crippen LogP contribution in [0.5, 0.6) is 5.75 Å². The maximum Gasteiger partial charge on any atom is 0.573 e. The second-order valence-corrected chi connectivity index (χ2v) is 7.17. The van der Waals surface area contributed by atoms with Gasteiger partial charge in [0, 0.05) is 25.8 Å². The molecule has 2 aromatic rings. The Balaban J connectivity index is 1.46. The third kappa shape index (κ3) is 7.13. The van der Waals surface area contributed by atoms with Crippen molar-refractivity contribution in [2.45, 2.75) is 45.1 Å². The lowest BCUT2D eigenvalue weighted by Crippen LogP contribution is -2.31. The van der Waals surface area contributed by atoms with Crippen LogP contribution in [0.4, 0.5) is 19.0 Å². The van der Waals surface area contributed by atoms with Crippen molar-refractivity contribution in [3.8, 4) is 5.75 Å². The van der Waals surface area contributed by atoms with Crippen LogP contribution in [0.25, 0.3) is 0 Å². The van der Waals surface area contributed by atoms with Crippen LogP contribution >= 0.6 is 0 Å². The summed E-state index contributed by atoms with van der Waals surface area (Å²) in [6, 6.07) is 9.61. The molecule has 1 aromatic carbocycles. The van der Waals surface area contributed by atoms with Gasteiger partial charge in [-0.05, 0) is 42.2 Å². The van der Waals surface area contributed by atoms with Crippen molar-refractivity contribution in [3.63, 3.8) is 0 Å². The molecular formula is C21H26F3N5O. The number of nitrogens with zero attached hydrogens (tertiary/aromatic N) is 3. The summed E-state index contributed by atoms with van der Waals surface area (Å²) in [7, 11) is 0. The van der Waals surface area contributed by atoms with Crippen molar-refractivity contribution in [2.75, 3.05) is 18.0 Å². The molecule has 30 heavy (non-hydrogen) atoms. The van der Waals surface area contributed by atoms with E-state index < -0.39 is 6.36 Å². The number of halogens is 3. The van der Waals surface area contributed by atoms with Crippen molar-refractivity contribution in [3.05, 3.63) is 53.7 Å². The largest absolute Gasteiger partial charge is 0.573 e. The Bertz CT molecular complexity index is 814. The van der Waals surface area contributed by atoms with Crippen LogP contribution in [0.15, 0.2) is 47.6 Å². The Morgan fingerprint density at radius 2 is 1.70 bits per heavy atom. The molecule has 3 N–H and O–H groups in total. The van der Waals surface area contributed by atoms with E-state index >= 15 is 0 Å². The molecule has 3 rings (SSSR count). The molecule has 0 atom stereocenters. The highest BCUT2D eigenvalue weighted by Gasteiger charge is 2.30. The minimum Gasteiger partial charge on any atom is -0.406 e. The maximum absolute atomic E-state index is 12.2. The summed E-state index contributed by atoms with van der Waals surface area (Å²) < 4.78 is 40.4. The molecule has 1 aromatic heterocycles. The minimum atomic E-state index is -4.70. The fraction of sp³-hybridized carbons (Fsp3) is 0.429. The lowest BCUT2D eigenvalue weighted by atomic mass is 10.2. The highest BCUT2D eigenvalue weighted by molar-refractivity contribution is 5.77. The number of hydrogen-bond acceptors (Lipinski definition) is 4. The highest BCUT2D eigenvalue weighted by Crippen LogP contribution is 2.22. The van der Waals surface area contributed by atoms with E-state index in [1.807, 2.05) is 18.3 Å². The minimum absolute atomic E-state index is 0.252. The fourth-order valence-corrected chi connectivity index (χ4v) is 3.23. The zero-order valence-electron chi connectivity index (χ0n) is 16.7. The first kappa shape index (κ1) is 21.7. The van der Waals surface area contributed by atoms with Gasteiger partial charge in [0.2, 0.25) is 0 Å². The van der Waals surface area contributed by atoms with Crippen LogP contribution in [0, 0.1) is 0 Å². The summed E-state index contributed by atoms with van der Waals surface area (Å²) in [5.41, 5.74) is 7.59.